The van der Waals surface area contributed by atoms with E-state index in [0.29, 0.717) is 24.7 Å². The normalized spacial score (nSPS) is 25.0. The molecule has 2 aliphatic heterocycles. The van der Waals surface area contributed by atoms with Crippen molar-refractivity contribution in [2.45, 2.75) is 44.4 Å². The van der Waals surface area contributed by atoms with Crippen LogP contribution in [0.4, 0.5) is 0 Å². The molecule has 7 nitrogen and oxygen atoms in total. The van der Waals surface area contributed by atoms with Gasteiger partial charge in [-0.1, -0.05) is 0 Å². The van der Waals surface area contributed by atoms with Crippen molar-refractivity contribution in [2.24, 2.45) is 5.92 Å². The number of nitrogens with zero attached hydrogens (tertiary/aromatic N) is 4. The molecule has 1 saturated carbocycles. The highest BCUT2D eigenvalue weighted by Gasteiger charge is 2.36. The van der Waals surface area contributed by atoms with Crippen LogP contribution in [0.3, 0.4) is 0 Å². The molecule has 0 aromatic carbocycles. The molecule has 1 aliphatic carbocycles. The Hall–Kier alpha value is -1.92. The Morgan fingerprint density at radius 3 is 2.43 bits per heavy atom. The number of carbonyl (C=O) groups excluding carboxylic acids is 2. The maximum absolute atomic E-state index is 12.8. The largest absolute Gasteiger partial charge is 0.342 e. The molecule has 2 saturated heterocycles. The highest BCUT2D eigenvalue weighted by Crippen LogP contribution is 2.40. The SMILES string of the molecule is O=C(c1n[nH]nc1C1CC1)N1CCCC(C(=O)N2CCCC2)C1. The third kappa shape index (κ3) is 2.84. The fourth-order valence-electron chi connectivity index (χ4n) is 3.75. The monoisotopic (exact) mass is 317 g/mol. The van der Waals surface area contributed by atoms with Crippen molar-refractivity contribution in [3.05, 3.63) is 11.4 Å². The Kier molecular flexibility index (Phi) is 3.79. The average molecular weight is 317 g/mol. The van der Waals surface area contributed by atoms with Gasteiger partial charge in [0.05, 0.1) is 11.6 Å². The highest BCUT2D eigenvalue weighted by atomic mass is 16.2. The van der Waals surface area contributed by atoms with Gasteiger partial charge >= 0.3 is 0 Å². The second kappa shape index (κ2) is 5.94. The van der Waals surface area contributed by atoms with Gasteiger partial charge in [0.25, 0.3) is 5.91 Å². The van der Waals surface area contributed by atoms with Gasteiger partial charge in [-0.25, -0.2) is 0 Å². The van der Waals surface area contributed by atoms with Crippen molar-refractivity contribution in [1.29, 1.82) is 0 Å². The summed E-state index contributed by atoms with van der Waals surface area (Å²) in [5.41, 5.74) is 1.27. The number of likely N-dealkylation sites (tertiary alicyclic amines) is 2. The number of hydrogen-bond acceptors (Lipinski definition) is 4. The minimum atomic E-state index is -0.0698. The third-order valence-electron chi connectivity index (χ3n) is 5.22. The number of amides is 2. The molecular formula is C16H23N5O2. The smallest absolute Gasteiger partial charge is 0.276 e. The van der Waals surface area contributed by atoms with Crippen LogP contribution in [-0.2, 0) is 4.79 Å². The van der Waals surface area contributed by atoms with Crippen molar-refractivity contribution in [2.75, 3.05) is 26.2 Å². The van der Waals surface area contributed by atoms with Gasteiger partial charge < -0.3 is 9.80 Å². The Bertz CT molecular complexity index is 603. The number of hydrogen-bond donors (Lipinski definition) is 1. The third-order valence-corrected chi connectivity index (χ3v) is 5.22. The van der Waals surface area contributed by atoms with Crippen LogP contribution >= 0.6 is 0 Å². The lowest BCUT2D eigenvalue weighted by Crippen LogP contribution is -2.46. The lowest BCUT2D eigenvalue weighted by atomic mass is 9.96. The molecule has 3 heterocycles. The van der Waals surface area contributed by atoms with Gasteiger partial charge in [0.2, 0.25) is 5.91 Å². The summed E-state index contributed by atoms with van der Waals surface area (Å²) in [4.78, 5) is 29.1. The van der Waals surface area contributed by atoms with Crippen LogP contribution in [0, 0.1) is 5.92 Å². The Labute approximate surface area is 135 Å². The van der Waals surface area contributed by atoms with Gasteiger partial charge in [0.1, 0.15) is 0 Å². The summed E-state index contributed by atoms with van der Waals surface area (Å²) in [6.45, 7) is 2.97. The lowest BCUT2D eigenvalue weighted by Gasteiger charge is -2.33. The van der Waals surface area contributed by atoms with E-state index in [1.54, 1.807) is 4.90 Å². The van der Waals surface area contributed by atoms with E-state index in [4.69, 9.17) is 0 Å². The number of carbonyl (C=O) groups is 2. The number of nitrogens with one attached hydrogen (secondary N) is 1. The van der Waals surface area contributed by atoms with Crippen LogP contribution in [0.25, 0.3) is 0 Å². The molecule has 1 atom stereocenters. The molecular weight excluding hydrogens is 294 g/mol. The fourth-order valence-corrected chi connectivity index (χ4v) is 3.75. The first-order valence-electron chi connectivity index (χ1n) is 8.73. The first-order valence-corrected chi connectivity index (χ1v) is 8.73. The molecule has 7 heteroatoms. The molecule has 3 aliphatic rings. The molecule has 3 fully saturated rings. The van der Waals surface area contributed by atoms with Gasteiger partial charge in [0.15, 0.2) is 5.69 Å². The van der Waals surface area contributed by atoms with Crippen LogP contribution in [0.2, 0.25) is 0 Å². The first-order chi connectivity index (χ1) is 11.2. The van der Waals surface area contributed by atoms with E-state index in [1.165, 1.54) is 0 Å². The molecule has 124 valence electrons. The number of aromatic amines is 1. The van der Waals surface area contributed by atoms with Crippen LogP contribution in [0.1, 0.15) is 60.6 Å². The zero-order valence-electron chi connectivity index (χ0n) is 13.3. The molecule has 1 unspecified atom stereocenters. The van der Waals surface area contributed by atoms with Crippen LogP contribution in [-0.4, -0.2) is 63.2 Å². The van der Waals surface area contributed by atoms with Crippen LogP contribution in [0.5, 0.6) is 0 Å². The van der Waals surface area contributed by atoms with Gasteiger partial charge in [-0.3, -0.25) is 9.59 Å². The van der Waals surface area contributed by atoms with Crippen LogP contribution in [0.15, 0.2) is 0 Å². The average Bonchev–Trinajstić information content (AvgIpc) is 3.09. The van der Waals surface area contributed by atoms with Crippen LogP contribution < -0.4 is 0 Å². The van der Waals surface area contributed by atoms with E-state index in [-0.39, 0.29) is 17.7 Å². The summed E-state index contributed by atoms with van der Waals surface area (Å²) in [6, 6.07) is 0. The second-order valence-corrected chi connectivity index (χ2v) is 6.95. The molecule has 4 rings (SSSR count). The van der Waals surface area contributed by atoms with Crippen molar-refractivity contribution in [3.63, 3.8) is 0 Å². The van der Waals surface area contributed by atoms with Gasteiger partial charge in [-0.05, 0) is 38.5 Å². The number of H-pyrrole nitrogens is 1. The van der Waals surface area contributed by atoms with Crippen molar-refractivity contribution < 1.29 is 9.59 Å². The second-order valence-electron chi connectivity index (χ2n) is 6.95. The summed E-state index contributed by atoms with van der Waals surface area (Å²) in [7, 11) is 0. The molecule has 0 radical (unpaired) electrons. The molecule has 0 spiro atoms. The van der Waals surface area contributed by atoms with Gasteiger partial charge in [-0.15, -0.1) is 0 Å². The lowest BCUT2D eigenvalue weighted by molar-refractivity contribution is -0.135. The summed E-state index contributed by atoms with van der Waals surface area (Å²) in [5.74, 6) is 0.490. The minimum Gasteiger partial charge on any atom is -0.342 e. The zero-order chi connectivity index (χ0) is 15.8. The molecule has 0 bridgehead atoms. The summed E-state index contributed by atoms with van der Waals surface area (Å²) < 4.78 is 0. The maximum atomic E-state index is 12.8. The van der Waals surface area contributed by atoms with Crippen molar-refractivity contribution in [1.82, 2.24) is 25.2 Å². The fraction of sp³-hybridized carbons (Fsp3) is 0.750. The highest BCUT2D eigenvalue weighted by molar-refractivity contribution is 5.94. The molecule has 1 N–H and O–H groups in total. The van der Waals surface area contributed by atoms with E-state index >= 15 is 0 Å². The Morgan fingerprint density at radius 1 is 0.957 bits per heavy atom. The number of piperidine rings is 1. The predicted octanol–water partition coefficient (Wildman–Crippen LogP) is 1.16. The Balaban J connectivity index is 1.45. The van der Waals surface area contributed by atoms with Crippen molar-refractivity contribution >= 4 is 11.8 Å². The van der Waals surface area contributed by atoms with E-state index in [1.807, 2.05) is 4.90 Å². The quantitative estimate of drug-likeness (QED) is 0.907. The van der Waals surface area contributed by atoms with Gasteiger partial charge in [-0.2, -0.15) is 15.4 Å². The number of rotatable bonds is 3. The van der Waals surface area contributed by atoms with Crippen molar-refractivity contribution in [3.8, 4) is 0 Å². The molecule has 1 aromatic heterocycles. The maximum Gasteiger partial charge on any atom is 0.276 e. The number of aromatic nitrogens is 3. The summed E-state index contributed by atoms with van der Waals surface area (Å²) in [6.07, 6.45) is 6.14. The zero-order valence-corrected chi connectivity index (χ0v) is 13.3. The van der Waals surface area contributed by atoms with Gasteiger partial charge in [0, 0.05) is 32.1 Å². The molecule has 2 amide bonds. The minimum absolute atomic E-state index is 0.0536. The molecule has 23 heavy (non-hydrogen) atoms. The van der Waals surface area contributed by atoms with E-state index in [2.05, 4.69) is 15.4 Å². The Morgan fingerprint density at radius 2 is 1.70 bits per heavy atom. The summed E-state index contributed by atoms with van der Waals surface area (Å²) >= 11 is 0. The molecule has 1 aromatic rings. The standard InChI is InChI=1S/C16H23N5O2/c22-15(20-7-1-2-8-20)12-4-3-9-21(10-12)16(23)14-13(11-5-6-11)17-19-18-14/h11-12H,1-10H2,(H,17,18,19). The predicted molar refractivity (Wildman–Crippen MR) is 82.8 cm³/mol. The summed E-state index contributed by atoms with van der Waals surface area (Å²) in [5, 5.41) is 10.8. The first kappa shape index (κ1) is 14.7. The topological polar surface area (TPSA) is 82.2 Å². The van der Waals surface area contributed by atoms with E-state index < -0.39 is 0 Å². The van der Waals surface area contributed by atoms with E-state index in [0.717, 1.165) is 57.3 Å². The van der Waals surface area contributed by atoms with E-state index in [9.17, 15) is 9.59 Å².